The summed E-state index contributed by atoms with van der Waals surface area (Å²) in [6, 6.07) is 10.4. The SMILES string of the molecule is CCN(c1cccc(C)c1)c1ccnc(NCC2CCCO2)n1. The van der Waals surface area contributed by atoms with E-state index >= 15 is 0 Å². The van der Waals surface area contributed by atoms with Crippen molar-refractivity contribution in [3.8, 4) is 0 Å². The lowest BCUT2D eigenvalue weighted by molar-refractivity contribution is 0.120. The van der Waals surface area contributed by atoms with Crippen molar-refractivity contribution < 1.29 is 4.74 Å². The van der Waals surface area contributed by atoms with Gasteiger partial charge in [0.1, 0.15) is 5.82 Å². The van der Waals surface area contributed by atoms with Crippen LogP contribution in [0.3, 0.4) is 0 Å². The second kappa shape index (κ2) is 7.42. The van der Waals surface area contributed by atoms with Crippen molar-refractivity contribution in [1.82, 2.24) is 9.97 Å². The van der Waals surface area contributed by atoms with Crippen LogP contribution in [-0.2, 0) is 4.74 Å². The van der Waals surface area contributed by atoms with Gasteiger partial charge in [-0.25, -0.2) is 4.98 Å². The fourth-order valence-corrected chi connectivity index (χ4v) is 2.87. The van der Waals surface area contributed by atoms with Gasteiger partial charge < -0.3 is 15.0 Å². The van der Waals surface area contributed by atoms with Crippen LogP contribution in [0, 0.1) is 6.92 Å². The average molecular weight is 312 g/mol. The number of ether oxygens (including phenoxy) is 1. The topological polar surface area (TPSA) is 50.3 Å². The van der Waals surface area contributed by atoms with Gasteiger partial charge in [-0.1, -0.05) is 12.1 Å². The Kier molecular flexibility index (Phi) is 5.08. The molecule has 23 heavy (non-hydrogen) atoms. The van der Waals surface area contributed by atoms with Gasteiger partial charge in [0.15, 0.2) is 0 Å². The van der Waals surface area contributed by atoms with E-state index < -0.39 is 0 Å². The molecule has 1 aliphatic rings. The number of aryl methyl sites for hydroxylation is 1. The van der Waals surface area contributed by atoms with E-state index in [1.54, 1.807) is 6.20 Å². The molecule has 5 nitrogen and oxygen atoms in total. The number of hydrogen-bond donors (Lipinski definition) is 1. The molecule has 1 saturated heterocycles. The zero-order valence-electron chi connectivity index (χ0n) is 13.8. The molecule has 1 aliphatic heterocycles. The highest BCUT2D eigenvalue weighted by Crippen LogP contribution is 2.24. The van der Waals surface area contributed by atoms with Gasteiger partial charge in [0.2, 0.25) is 5.95 Å². The number of benzene rings is 1. The molecule has 0 spiro atoms. The Hall–Kier alpha value is -2.14. The summed E-state index contributed by atoms with van der Waals surface area (Å²) in [4.78, 5) is 11.2. The van der Waals surface area contributed by atoms with Gasteiger partial charge in [0.05, 0.1) is 6.10 Å². The molecule has 1 aromatic heterocycles. The first-order valence-electron chi connectivity index (χ1n) is 8.29. The standard InChI is InChI=1S/C18H24N4O/c1-3-22(15-7-4-6-14(2)12-15)17-9-10-19-18(21-17)20-13-16-8-5-11-23-16/h4,6-7,9-10,12,16H,3,5,8,11,13H2,1-2H3,(H,19,20,21). The van der Waals surface area contributed by atoms with E-state index in [9.17, 15) is 0 Å². The Bertz CT molecular complexity index is 640. The molecule has 1 fully saturated rings. The van der Waals surface area contributed by atoms with Crippen LogP contribution in [0.5, 0.6) is 0 Å². The molecule has 122 valence electrons. The zero-order chi connectivity index (χ0) is 16.1. The first-order valence-corrected chi connectivity index (χ1v) is 8.29. The number of aromatic nitrogens is 2. The van der Waals surface area contributed by atoms with E-state index in [1.807, 2.05) is 6.07 Å². The second-order valence-corrected chi connectivity index (χ2v) is 5.84. The maximum absolute atomic E-state index is 5.63. The van der Waals surface area contributed by atoms with E-state index in [4.69, 9.17) is 4.74 Å². The van der Waals surface area contributed by atoms with E-state index in [2.05, 4.69) is 58.3 Å². The molecule has 2 heterocycles. The Balaban J connectivity index is 1.74. The van der Waals surface area contributed by atoms with Gasteiger partial charge in [0.25, 0.3) is 0 Å². The van der Waals surface area contributed by atoms with Crippen molar-refractivity contribution in [3.05, 3.63) is 42.1 Å². The number of hydrogen-bond acceptors (Lipinski definition) is 5. The molecular formula is C18H24N4O. The average Bonchev–Trinajstić information content (AvgIpc) is 3.08. The fraction of sp³-hybridized carbons (Fsp3) is 0.444. The molecule has 2 aromatic rings. The van der Waals surface area contributed by atoms with Crippen LogP contribution in [0.1, 0.15) is 25.3 Å². The van der Waals surface area contributed by atoms with Gasteiger partial charge in [-0.2, -0.15) is 4.98 Å². The summed E-state index contributed by atoms with van der Waals surface area (Å²) >= 11 is 0. The molecule has 3 rings (SSSR count). The highest BCUT2D eigenvalue weighted by atomic mass is 16.5. The quantitative estimate of drug-likeness (QED) is 0.884. The van der Waals surface area contributed by atoms with Crippen molar-refractivity contribution >= 4 is 17.5 Å². The third-order valence-electron chi connectivity index (χ3n) is 4.06. The minimum absolute atomic E-state index is 0.279. The van der Waals surface area contributed by atoms with Crippen molar-refractivity contribution in [2.45, 2.75) is 32.8 Å². The molecule has 0 aliphatic carbocycles. The first-order chi connectivity index (χ1) is 11.3. The van der Waals surface area contributed by atoms with E-state index in [0.29, 0.717) is 5.95 Å². The van der Waals surface area contributed by atoms with Crippen molar-refractivity contribution in [2.24, 2.45) is 0 Å². The van der Waals surface area contributed by atoms with Crippen LogP contribution >= 0.6 is 0 Å². The Labute approximate surface area is 137 Å². The predicted molar refractivity (Wildman–Crippen MR) is 93.4 cm³/mol. The van der Waals surface area contributed by atoms with E-state index in [0.717, 1.165) is 44.0 Å². The molecule has 0 radical (unpaired) electrons. The molecule has 5 heteroatoms. The molecule has 1 aromatic carbocycles. The molecule has 0 bridgehead atoms. The molecule has 1 unspecified atom stereocenters. The summed E-state index contributed by atoms with van der Waals surface area (Å²) in [5.41, 5.74) is 2.39. The van der Waals surface area contributed by atoms with Crippen LogP contribution in [0.4, 0.5) is 17.5 Å². The van der Waals surface area contributed by atoms with Crippen LogP contribution in [0.2, 0.25) is 0 Å². The summed E-state index contributed by atoms with van der Waals surface area (Å²) in [5, 5.41) is 3.29. The van der Waals surface area contributed by atoms with E-state index in [1.165, 1.54) is 5.56 Å². The Morgan fingerprint density at radius 2 is 2.26 bits per heavy atom. The summed E-state index contributed by atoms with van der Waals surface area (Å²) in [6.45, 7) is 6.71. The van der Waals surface area contributed by atoms with Crippen molar-refractivity contribution in [3.63, 3.8) is 0 Å². The molecule has 0 amide bonds. The van der Waals surface area contributed by atoms with Gasteiger partial charge in [0, 0.05) is 31.6 Å². The van der Waals surface area contributed by atoms with E-state index in [-0.39, 0.29) is 6.10 Å². The first kappa shape index (κ1) is 15.7. The summed E-state index contributed by atoms with van der Waals surface area (Å²) in [7, 11) is 0. The van der Waals surface area contributed by atoms with Crippen molar-refractivity contribution in [2.75, 3.05) is 29.9 Å². The van der Waals surface area contributed by atoms with Gasteiger partial charge >= 0.3 is 0 Å². The summed E-state index contributed by atoms with van der Waals surface area (Å²) in [6.07, 6.45) is 4.33. The minimum Gasteiger partial charge on any atom is -0.376 e. The monoisotopic (exact) mass is 312 g/mol. The molecule has 1 atom stereocenters. The lowest BCUT2D eigenvalue weighted by Crippen LogP contribution is -2.21. The number of anilines is 3. The predicted octanol–water partition coefficient (Wildman–Crippen LogP) is 3.53. The number of nitrogens with zero attached hydrogens (tertiary/aromatic N) is 3. The molecular weight excluding hydrogens is 288 g/mol. The molecule has 1 N–H and O–H groups in total. The third-order valence-corrected chi connectivity index (χ3v) is 4.06. The number of rotatable bonds is 6. The van der Waals surface area contributed by atoms with Gasteiger partial charge in [-0.15, -0.1) is 0 Å². The van der Waals surface area contributed by atoms with Crippen LogP contribution in [0.15, 0.2) is 36.5 Å². The normalized spacial score (nSPS) is 17.2. The minimum atomic E-state index is 0.279. The zero-order valence-corrected chi connectivity index (χ0v) is 13.8. The molecule has 0 saturated carbocycles. The maximum Gasteiger partial charge on any atom is 0.224 e. The van der Waals surface area contributed by atoms with Crippen LogP contribution in [-0.4, -0.2) is 35.8 Å². The fourth-order valence-electron chi connectivity index (χ4n) is 2.87. The second-order valence-electron chi connectivity index (χ2n) is 5.84. The smallest absolute Gasteiger partial charge is 0.224 e. The third kappa shape index (κ3) is 3.99. The summed E-state index contributed by atoms with van der Waals surface area (Å²) in [5.74, 6) is 1.56. The lowest BCUT2D eigenvalue weighted by atomic mass is 10.2. The lowest BCUT2D eigenvalue weighted by Gasteiger charge is -2.23. The highest BCUT2D eigenvalue weighted by molar-refractivity contribution is 5.61. The van der Waals surface area contributed by atoms with Gasteiger partial charge in [-0.3, -0.25) is 0 Å². The Morgan fingerprint density at radius 3 is 3.00 bits per heavy atom. The van der Waals surface area contributed by atoms with Crippen LogP contribution in [0.25, 0.3) is 0 Å². The van der Waals surface area contributed by atoms with Crippen LogP contribution < -0.4 is 10.2 Å². The largest absolute Gasteiger partial charge is 0.376 e. The highest BCUT2D eigenvalue weighted by Gasteiger charge is 2.16. The maximum atomic E-state index is 5.63. The number of nitrogens with one attached hydrogen (secondary N) is 1. The van der Waals surface area contributed by atoms with Crippen molar-refractivity contribution in [1.29, 1.82) is 0 Å². The Morgan fingerprint density at radius 1 is 1.35 bits per heavy atom. The van der Waals surface area contributed by atoms with Gasteiger partial charge in [-0.05, 0) is 50.5 Å². The summed E-state index contributed by atoms with van der Waals surface area (Å²) < 4.78 is 5.63.